The predicted molar refractivity (Wildman–Crippen MR) is 79.5 cm³/mol. The molecule has 0 amide bonds. The minimum Gasteiger partial charge on any atom is -0.384 e. The first-order valence-corrected chi connectivity index (χ1v) is 7.83. The van der Waals surface area contributed by atoms with E-state index < -0.39 is 5.51 Å². The van der Waals surface area contributed by atoms with Gasteiger partial charge in [-0.1, -0.05) is 0 Å². The lowest BCUT2D eigenvalue weighted by Crippen LogP contribution is -2.29. The number of anilines is 2. The fourth-order valence-electron chi connectivity index (χ4n) is 2.30. The van der Waals surface area contributed by atoms with E-state index in [4.69, 9.17) is 0 Å². The van der Waals surface area contributed by atoms with Gasteiger partial charge in [-0.05, 0) is 55.3 Å². The Hall–Kier alpha value is -1.04. The normalized spacial score (nSPS) is 16.2. The molecule has 1 fully saturated rings. The van der Waals surface area contributed by atoms with Crippen LogP contribution >= 0.6 is 11.8 Å². The first kappa shape index (κ1) is 15.4. The van der Waals surface area contributed by atoms with Crippen LogP contribution in [0.5, 0.6) is 0 Å². The number of rotatable bonds is 5. The zero-order valence-corrected chi connectivity index (χ0v) is 12.1. The summed E-state index contributed by atoms with van der Waals surface area (Å²) >= 11 is 0.00796. The number of nitrogens with zero attached hydrogens (tertiary/aromatic N) is 1. The lowest BCUT2D eigenvalue weighted by molar-refractivity contribution is -0.0327. The van der Waals surface area contributed by atoms with Crippen molar-refractivity contribution in [3.8, 4) is 0 Å². The van der Waals surface area contributed by atoms with Gasteiger partial charge in [-0.15, -0.1) is 0 Å². The number of halogens is 3. The molecule has 0 atom stereocenters. The van der Waals surface area contributed by atoms with Gasteiger partial charge in [0.15, 0.2) is 0 Å². The minimum atomic E-state index is -4.14. The van der Waals surface area contributed by atoms with Crippen molar-refractivity contribution in [3.63, 3.8) is 0 Å². The van der Waals surface area contributed by atoms with Crippen LogP contribution in [0.3, 0.4) is 0 Å². The number of thioether (sulfide) groups is 1. The van der Waals surface area contributed by atoms with Crippen molar-refractivity contribution in [2.45, 2.75) is 24.8 Å². The Bertz CT molecular complexity index is 400. The summed E-state index contributed by atoms with van der Waals surface area (Å²) in [5, 5.41) is 3.01. The molecule has 1 aliphatic heterocycles. The Kier molecular flexibility index (Phi) is 5.46. The van der Waals surface area contributed by atoms with Gasteiger partial charge in [-0.3, -0.25) is 0 Å². The smallest absolute Gasteiger partial charge is 0.384 e. The Morgan fingerprint density at radius 3 is 2.30 bits per heavy atom. The molecule has 0 bridgehead atoms. The molecule has 2 nitrogen and oxygen atoms in total. The second kappa shape index (κ2) is 7.11. The molecule has 1 N–H and O–H groups in total. The summed E-state index contributed by atoms with van der Waals surface area (Å²) < 4.78 is 35.9. The van der Waals surface area contributed by atoms with Crippen LogP contribution < -0.4 is 10.2 Å². The SMILES string of the molecule is FC(F)(F)SCCNc1ccc(N2CCCCC2)cc1. The van der Waals surface area contributed by atoms with Crippen LogP contribution in [0.2, 0.25) is 0 Å². The average molecular weight is 304 g/mol. The maximum Gasteiger partial charge on any atom is 0.441 e. The first-order chi connectivity index (χ1) is 9.54. The van der Waals surface area contributed by atoms with Crippen molar-refractivity contribution < 1.29 is 13.2 Å². The van der Waals surface area contributed by atoms with E-state index in [1.54, 1.807) is 0 Å². The van der Waals surface area contributed by atoms with Crippen LogP contribution in [0, 0.1) is 0 Å². The van der Waals surface area contributed by atoms with Crippen molar-refractivity contribution >= 4 is 23.1 Å². The third-order valence-electron chi connectivity index (χ3n) is 3.29. The van der Waals surface area contributed by atoms with Gasteiger partial charge in [0.05, 0.1) is 0 Å². The molecule has 1 aromatic rings. The summed E-state index contributed by atoms with van der Waals surface area (Å²) in [5.74, 6) is 0.0252. The monoisotopic (exact) mass is 304 g/mol. The average Bonchev–Trinajstić information content (AvgIpc) is 2.44. The Labute approximate surface area is 121 Å². The predicted octanol–water partition coefficient (Wildman–Crippen LogP) is 4.34. The number of hydrogen-bond acceptors (Lipinski definition) is 3. The Balaban J connectivity index is 1.76. The van der Waals surface area contributed by atoms with E-state index in [1.165, 1.54) is 24.9 Å². The van der Waals surface area contributed by atoms with Crippen molar-refractivity contribution in [1.82, 2.24) is 0 Å². The highest BCUT2D eigenvalue weighted by Crippen LogP contribution is 2.29. The third kappa shape index (κ3) is 5.15. The van der Waals surface area contributed by atoms with Crippen LogP contribution in [-0.4, -0.2) is 30.9 Å². The van der Waals surface area contributed by atoms with E-state index in [-0.39, 0.29) is 17.5 Å². The molecule has 0 saturated carbocycles. The summed E-state index contributed by atoms with van der Waals surface area (Å²) in [6, 6.07) is 7.93. The molecule has 0 unspecified atom stereocenters. The summed E-state index contributed by atoms with van der Waals surface area (Å²) in [5.41, 5.74) is -2.08. The van der Waals surface area contributed by atoms with E-state index in [1.807, 2.05) is 24.3 Å². The van der Waals surface area contributed by atoms with Crippen LogP contribution in [0.4, 0.5) is 24.5 Å². The van der Waals surface area contributed by atoms with Crippen molar-refractivity contribution in [2.24, 2.45) is 0 Å². The van der Waals surface area contributed by atoms with Gasteiger partial charge in [0.1, 0.15) is 0 Å². The quantitative estimate of drug-likeness (QED) is 0.815. The minimum absolute atomic E-state index is 0.00796. The van der Waals surface area contributed by atoms with E-state index >= 15 is 0 Å². The number of alkyl halides is 3. The van der Waals surface area contributed by atoms with E-state index in [0.717, 1.165) is 18.8 Å². The highest BCUT2D eigenvalue weighted by Gasteiger charge is 2.27. The molecule has 2 rings (SSSR count). The number of piperidine rings is 1. The molecule has 0 spiro atoms. The molecule has 112 valence electrons. The van der Waals surface area contributed by atoms with Gasteiger partial charge in [-0.25, -0.2) is 0 Å². The first-order valence-electron chi connectivity index (χ1n) is 6.84. The second-order valence-corrected chi connectivity index (χ2v) is 5.98. The molecule has 1 aromatic carbocycles. The number of hydrogen-bond donors (Lipinski definition) is 1. The summed E-state index contributed by atoms with van der Waals surface area (Å²) in [7, 11) is 0. The maximum absolute atomic E-state index is 12.0. The molecule has 1 aliphatic rings. The van der Waals surface area contributed by atoms with Gasteiger partial charge in [0, 0.05) is 36.8 Å². The highest BCUT2D eigenvalue weighted by molar-refractivity contribution is 8.00. The second-order valence-electron chi connectivity index (χ2n) is 4.82. The molecule has 20 heavy (non-hydrogen) atoms. The fourth-order valence-corrected chi connectivity index (χ4v) is 2.74. The lowest BCUT2D eigenvalue weighted by Gasteiger charge is -2.28. The standard InChI is InChI=1S/C14H19F3N2S/c15-14(16,17)20-11-8-18-12-4-6-13(7-5-12)19-9-2-1-3-10-19/h4-7,18H,1-3,8-11H2. The zero-order valence-electron chi connectivity index (χ0n) is 11.2. The maximum atomic E-state index is 12.0. The van der Waals surface area contributed by atoms with Crippen molar-refractivity contribution in [3.05, 3.63) is 24.3 Å². The van der Waals surface area contributed by atoms with E-state index in [0.29, 0.717) is 6.54 Å². The fraction of sp³-hybridized carbons (Fsp3) is 0.571. The molecule has 0 aromatic heterocycles. The number of nitrogens with one attached hydrogen (secondary N) is 1. The van der Waals surface area contributed by atoms with Crippen LogP contribution in [0.15, 0.2) is 24.3 Å². The molecule has 6 heteroatoms. The van der Waals surface area contributed by atoms with Gasteiger partial charge in [0.2, 0.25) is 0 Å². The summed E-state index contributed by atoms with van der Waals surface area (Å²) in [4.78, 5) is 2.35. The van der Waals surface area contributed by atoms with Crippen molar-refractivity contribution in [2.75, 3.05) is 35.6 Å². The zero-order chi connectivity index (χ0) is 14.4. The van der Waals surface area contributed by atoms with Gasteiger partial charge >= 0.3 is 5.51 Å². The van der Waals surface area contributed by atoms with Gasteiger partial charge in [-0.2, -0.15) is 13.2 Å². The molecular formula is C14H19F3N2S. The molecular weight excluding hydrogens is 285 g/mol. The highest BCUT2D eigenvalue weighted by atomic mass is 32.2. The van der Waals surface area contributed by atoms with Crippen LogP contribution in [0.25, 0.3) is 0 Å². The third-order valence-corrected chi connectivity index (χ3v) is 4.02. The largest absolute Gasteiger partial charge is 0.441 e. The van der Waals surface area contributed by atoms with Crippen LogP contribution in [-0.2, 0) is 0 Å². The summed E-state index contributed by atoms with van der Waals surface area (Å²) in [6.07, 6.45) is 3.76. The lowest BCUT2D eigenvalue weighted by atomic mass is 10.1. The van der Waals surface area contributed by atoms with Gasteiger partial charge in [0.25, 0.3) is 0 Å². The summed E-state index contributed by atoms with van der Waals surface area (Å²) in [6.45, 7) is 2.50. The molecule has 0 radical (unpaired) electrons. The Morgan fingerprint density at radius 1 is 1.05 bits per heavy atom. The molecule has 1 heterocycles. The molecule has 0 aliphatic carbocycles. The topological polar surface area (TPSA) is 15.3 Å². The van der Waals surface area contributed by atoms with Crippen molar-refractivity contribution in [1.29, 1.82) is 0 Å². The van der Waals surface area contributed by atoms with Crippen LogP contribution in [0.1, 0.15) is 19.3 Å². The van der Waals surface area contributed by atoms with Gasteiger partial charge < -0.3 is 10.2 Å². The Morgan fingerprint density at radius 2 is 1.70 bits per heavy atom. The van der Waals surface area contributed by atoms with E-state index in [2.05, 4.69) is 10.2 Å². The molecule has 1 saturated heterocycles. The van der Waals surface area contributed by atoms with E-state index in [9.17, 15) is 13.2 Å². The number of benzene rings is 1.